The third-order valence-corrected chi connectivity index (χ3v) is 3.29. The van der Waals surface area contributed by atoms with Gasteiger partial charge in [0.1, 0.15) is 0 Å². The molecule has 1 heterocycles. The van der Waals surface area contributed by atoms with Gasteiger partial charge in [-0.3, -0.25) is 4.79 Å². The Morgan fingerprint density at radius 2 is 1.81 bits per heavy atom. The maximum absolute atomic E-state index is 11.4. The molecule has 0 spiro atoms. The first-order chi connectivity index (χ1) is 12.6. The number of carbonyl (C=O) groups is 2. The molecule has 0 saturated carbocycles. The number of aryl methyl sites for hydroxylation is 1. The fourth-order valence-electron chi connectivity index (χ4n) is 2.04. The number of hydrogen-bond donors (Lipinski definition) is 3. The van der Waals surface area contributed by atoms with Crippen molar-refractivity contribution in [1.29, 1.82) is 0 Å². The number of aromatic nitrogens is 1. The number of nitrogens with zero attached hydrogens (tertiary/aromatic N) is 1. The zero-order valence-electron chi connectivity index (χ0n) is 14.9. The average molecular weight is 360 g/mol. The second-order valence-corrected chi connectivity index (χ2v) is 5.41. The van der Waals surface area contributed by atoms with Gasteiger partial charge in [-0.05, 0) is 12.0 Å². The minimum Gasteiger partial charge on any atom is -0.395 e. The van der Waals surface area contributed by atoms with Crippen LogP contribution in [0.15, 0.2) is 54.9 Å². The molecule has 0 fully saturated rings. The van der Waals surface area contributed by atoms with E-state index in [1.54, 1.807) is 29.1 Å². The minimum atomic E-state index is -0.859. The molecule has 0 radical (unpaired) electrons. The molecule has 7 heteroatoms. The largest absolute Gasteiger partial charge is 0.409 e. The number of nitrogens with one attached hydrogen (secondary N) is 1. The van der Waals surface area contributed by atoms with Gasteiger partial charge in [-0.2, -0.15) is 4.57 Å². The lowest BCUT2D eigenvalue weighted by Gasteiger charge is -2.02. The van der Waals surface area contributed by atoms with Gasteiger partial charge in [0.25, 0.3) is 12.6 Å². The topological polar surface area (TPSA) is 106 Å². The Bertz CT molecular complexity index is 660. The zero-order valence-corrected chi connectivity index (χ0v) is 14.9. The van der Waals surface area contributed by atoms with Crippen LogP contribution in [0.2, 0.25) is 0 Å². The third-order valence-electron chi connectivity index (χ3n) is 3.29. The van der Waals surface area contributed by atoms with Gasteiger partial charge in [0.05, 0.1) is 12.2 Å². The smallest absolute Gasteiger partial charge is 0.395 e. The monoisotopic (exact) mass is 360 g/mol. The number of ether oxygens (including phenoxy) is 1. The van der Waals surface area contributed by atoms with Crippen molar-refractivity contribution in [1.82, 2.24) is 5.32 Å². The first-order valence-electron chi connectivity index (χ1n) is 8.41. The molecular formula is C19H26N3O4+. The van der Waals surface area contributed by atoms with E-state index in [1.807, 2.05) is 0 Å². The van der Waals surface area contributed by atoms with Crippen LogP contribution in [0.3, 0.4) is 0 Å². The lowest BCUT2D eigenvalue weighted by Crippen LogP contribution is -2.37. The number of carbonyl (C=O) groups excluding carboxylic acids is 2. The predicted molar refractivity (Wildman–Crippen MR) is 97.2 cm³/mol. The Labute approximate surface area is 153 Å². The molecular weight excluding hydrogens is 334 g/mol. The molecule has 1 aromatic heterocycles. The molecule has 0 unspecified atom stereocenters. The molecule has 140 valence electrons. The van der Waals surface area contributed by atoms with Gasteiger partial charge in [0.2, 0.25) is 0 Å². The van der Waals surface area contributed by atoms with E-state index in [0.717, 1.165) is 0 Å². The molecule has 1 aromatic carbocycles. The number of primary amides is 1. The molecule has 0 bridgehead atoms. The first-order valence-corrected chi connectivity index (χ1v) is 8.41. The fourth-order valence-corrected chi connectivity index (χ4v) is 2.04. The summed E-state index contributed by atoms with van der Waals surface area (Å²) in [6, 6.07) is 13.7. The number of aliphatic hydroxyl groups excluding tert-OH is 1. The molecule has 2 rings (SSSR count). The minimum absolute atomic E-state index is 0.00608. The fraction of sp³-hybridized carbons (Fsp3) is 0.316. The Morgan fingerprint density at radius 3 is 2.35 bits per heavy atom. The quantitative estimate of drug-likeness (QED) is 0.649. The van der Waals surface area contributed by atoms with Crippen LogP contribution in [0.5, 0.6) is 0 Å². The van der Waals surface area contributed by atoms with Gasteiger partial charge in [-0.15, -0.1) is 0 Å². The van der Waals surface area contributed by atoms with Gasteiger partial charge in [-0.1, -0.05) is 43.7 Å². The van der Waals surface area contributed by atoms with Crippen LogP contribution >= 0.6 is 0 Å². The molecule has 7 nitrogen and oxygen atoms in total. The molecule has 0 atom stereocenters. The summed E-state index contributed by atoms with van der Waals surface area (Å²) in [5.74, 6) is -0.276. The summed E-state index contributed by atoms with van der Waals surface area (Å²) in [5, 5.41) is 11.1. The number of rotatable bonds is 7. The van der Waals surface area contributed by atoms with Crippen molar-refractivity contribution >= 4 is 12.0 Å². The molecule has 26 heavy (non-hydrogen) atoms. The number of pyridine rings is 1. The predicted octanol–water partition coefficient (Wildman–Crippen LogP) is 1.39. The average Bonchev–Trinajstić information content (AvgIpc) is 2.66. The SMILES string of the molecule is CCCc1ccccc1.NC(=O)OC[n+]1ccc(C(=O)NCCO)cc1. The summed E-state index contributed by atoms with van der Waals surface area (Å²) in [7, 11) is 0. The second kappa shape index (κ2) is 12.4. The van der Waals surface area contributed by atoms with Crippen LogP contribution in [-0.4, -0.2) is 30.3 Å². The normalized spacial score (nSPS) is 9.62. The number of aliphatic hydroxyl groups is 1. The Kier molecular flexibility index (Phi) is 10.1. The van der Waals surface area contributed by atoms with Crippen LogP contribution in [0.1, 0.15) is 29.3 Å². The van der Waals surface area contributed by atoms with E-state index in [1.165, 1.54) is 18.4 Å². The Balaban J connectivity index is 0.000000314. The molecule has 0 saturated heterocycles. The van der Waals surface area contributed by atoms with E-state index in [4.69, 9.17) is 10.8 Å². The van der Waals surface area contributed by atoms with Crippen molar-refractivity contribution < 1.29 is 24.0 Å². The maximum Gasteiger partial charge on any atom is 0.409 e. The van der Waals surface area contributed by atoms with Gasteiger partial charge in [0, 0.05) is 18.7 Å². The summed E-state index contributed by atoms with van der Waals surface area (Å²) in [4.78, 5) is 21.8. The second-order valence-electron chi connectivity index (χ2n) is 5.41. The Hall–Kier alpha value is -2.93. The number of benzene rings is 1. The van der Waals surface area contributed by atoms with E-state index in [2.05, 4.69) is 47.3 Å². The van der Waals surface area contributed by atoms with Crippen LogP contribution in [0, 0.1) is 0 Å². The highest BCUT2D eigenvalue weighted by Gasteiger charge is 2.08. The maximum atomic E-state index is 11.4. The number of nitrogens with two attached hydrogens (primary N) is 1. The lowest BCUT2D eigenvalue weighted by atomic mass is 10.1. The standard InChI is InChI=1S/C10H13N3O4.C9H12/c11-10(16)17-7-13-4-1-8(2-5-13)9(15)12-3-6-14;1-2-6-9-7-4-3-5-8-9/h1-2,4-5,14H,3,6-7H2,(H2-,11,12,15,16);3-5,7-8H,2,6H2,1H3/p+1. The van der Waals surface area contributed by atoms with Crippen molar-refractivity contribution in [3.05, 3.63) is 66.0 Å². The van der Waals surface area contributed by atoms with Crippen molar-refractivity contribution in [3.8, 4) is 0 Å². The molecule has 2 aromatic rings. The number of hydrogen-bond acceptors (Lipinski definition) is 4. The van der Waals surface area contributed by atoms with Crippen LogP contribution < -0.4 is 15.6 Å². The van der Waals surface area contributed by atoms with Crippen molar-refractivity contribution in [2.75, 3.05) is 13.2 Å². The van der Waals surface area contributed by atoms with Gasteiger partial charge >= 0.3 is 6.09 Å². The van der Waals surface area contributed by atoms with E-state index >= 15 is 0 Å². The van der Waals surface area contributed by atoms with Crippen molar-refractivity contribution in [2.45, 2.75) is 26.5 Å². The van der Waals surface area contributed by atoms with E-state index < -0.39 is 6.09 Å². The summed E-state index contributed by atoms with van der Waals surface area (Å²) in [6.07, 6.45) is 4.75. The number of amides is 2. The van der Waals surface area contributed by atoms with E-state index in [9.17, 15) is 9.59 Å². The van der Waals surface area contributed by atoms with Crippen LogP contribution in [-0.2, 0) is 17.9 Å². The summed E-state index contributed by atoms with van der Waals surface area (Å²) < 4.78 is 6.11. The lowest BCUT2D eigenvalue weighted by molar-refractivity contribution is -0.727. The summed E-state index contributed by atoms with van der Waals surface area (Å²) in [6.45, 7) is 2.30. The summed E-state index contributed by atoms with van der Waals surface area (Å²) >= 11 is 0. The highest BCUT2D eigenvalue weighted by atomic mass is 16.6. The zero-order chi connectivity index (χ0) is 19.2. The third kappa shape index (κ3) is 8.79. The van der Waals surface area contributed by atoms with Crippen LogP contribution in [0.25, 0.3) is 0 Å². The summed E-state index contributed by atoms with van der Waals surface area (Å²) in [5.41, 5.74) is 6.71. The molecule has 0 aliphatic carbocycles. The van der Waals surface area contributed by atoms with E-state index in [0.29, 0.717) is 5.56 Å². The van der Waals surface area contributed by atoms with Crippen LogP contribution in [0.4, 0.5) is 4.79 Å². The van der Waals surface area contributed by atoms with Gasteiger partial charge < -0.3 is 20.9 Å². The van der Waals surface area contributed by atoms with E-state index in [-0.39, 0.29) is 25.8 Å². The highest BCUT2D eigenvalue weighted by Crippen LogP contribution is 2.00. The van der Waals surface area contributed by atoms with Crippen molar-refractivity contribution in [3.63, 3.8) is 0 Å². The van der Waals surface area contributed by atoms with Gasteiger partial charge in [-0.25, -0.2) is 4.79 Å². The van der Waals surface area contributed by atoms with Crippen molar-refractivity contribution in [2.24, 2.45) is 5.73 Å². The Morgan fingerprint density at radius 1 is 1.15 bits per heavy atom. The van der Waals surface area contributed by atoms with Gasteiger partial charge in [0.15, 0.2) is 12.4 Å². The molecule has 2 amide bonds. The molecule has 0 aliphatic rings. The molecule has 4 N–H and O–H groups in total. The molecule has 0 aliphatic heterocycles. The highest BCUT2D eigenvalue weighted by molar-refractivity contribution is 5.93. The first kappa shape index (κ1) is 21.1.